The molecule has 0 fully saturated rings. The first-order chi connectivity index (χ1) is 12.6. The van der Waals surface area contributed by atoms with E-state index in [0.29, 0.717) is 23.5 Å². The zero-order chi connectivity index (χ0) is 18.5. The Kier molecular flexibility index (Phi) is 5.17. The molecule has 0 bridgehead atoms. The van der Waals surface area contributed by atoms with Gasteiger partial charge in [-0.15, -0.1) is 0 Å². The van der Waals surface area contributed by atoms with Crippen LogP contribution in [0.5, 0.6) is 5.75 Å². The molecule has 1 aromatic heterocycles. The zero-order valence-corrected chi connectivity index (χ0v) is 14.7. The third kappa shape index (κ3) is 4.00. The molecule has 1 N–H and O–H groups in total. The summed E-state index contributed by atoms with van der Waals surface area (Å²) < 4.78 is 6.70. The molecule has 0 spiro atoms. The molecule has 0 unspecified atom stereocenters. The molecular formula is C21H20N2O3. The van der Waals surface area contributed by atoms with Crippen molar-refractivity contribution in [2.75, 3.05) is 12.4 Å². The van der Waals surface area contributed by atoms with Gasteiger partial charge in [-0.3, -0.25) is 9.59 Å². The van der Waals surface area contributed by atoms with Gasteiger partial charge in [0.05, 0.1) is 19.2 Å². The fourth-order valence-electron chi connectivity index (χ4n) is 2.66. The Morgan fingerprint density at radius 3 is 2.65 bits per heavy atom. The molecule has 0 atom stereocenters. The maximum Gasteiger partial charge on any atom is 0.257 e. The van der Waals surface area contributed by atoms with Gasteiger partial charge in [-0.05, 0) is 36.2 Å². The standard InChI is InChI=1S/C21H20N2O3/c1-15-6-3-4-7-16(15)13-23-14-17(10-11-20(23)24)21(25)22-18-8-5-9-19(12-18)26-2/h3-12,14H,13H2,1-2H3,(H,22,25). The van der Waals surface area contributed by atoms with Crippen molar-refractivity contribution in [3.63, 3.8) is 0 Å². The lowest BCUT2D eigenvalue weighted by Crippen LogP contribution is -2.22. The number of amides is 1. The highest BCUT2D eigenvalue weighted by atomic mass is 16.5. The number of aryl methyl sites for hydroxylation is 1. The summed E-state index contributed by atoms with van der Waals surface area (Å²) >= 11 is 0. The molecule has 0 saturated carbocycles. The molecule has 3 aromatic rings. The lowest BCUT2D eigenvalue weighted by Gasteiger charge is -2.11. The predicted octanol–water partition coefficient (Wildman–Crippen LogP) is 3.47. The minimum Gasteiger partial charge on any atom is -0.497 e. The van der Waals surface area contributed by atoms with Crippen molar-refractivity contribution in [2.24, 2.45) is 0 Å². The second-order valence-corrected chi connectivity index (χ2v) is 6.00. The summed E-state index contributed by atoms with van der Waals surface area (Å²) in [7, 11) is 1.57. The Hall–Kier alpha value is -3.34. The number of carbonyl (C=O) groups excluding carboxylic acids is 1. The van der Waals surface area contributed by atoms with Crippen molar-refractivity contribution in [3.05, 3.63) is 93.9 Å². The largest absolute Gasteiger partial charge is 0.497 e. The molecule has 2 aromatic carbocycles. The molecule has 5 nitrogen and oxygen atoms in total. The number of carbonyl (C=O) groups is 1. The van der Waals surface area contributed by atoms with E-state index >= 15 is 0 Å². The van der Waals surface area contributed by atoms with E-state index in [1.165, 1.54) is 12.1 Å². The molecule has 26 heavy (non-hydrogen) atoms. The van der Waals surface area contributed by atoms with E-state index in [1.807, 2.05) is 31.2 Å². The highest BCUT2D eigenvalue weighted by Gasteiger charge is 2.09. The number of methoxy groups -OCH3 is 1. The summed E-state index contributed by atoms with van der Waals surface area (Å²) in [4.78, 5) is 24.7. The lowest BCUT2D eigenvalue weighted by molar-refractivity contribution is 0.102. The van der Waals surface area contributed by atoms with Crippen molar-refractivity contribution in [1.82, 2.24) is 4.57 Å². The van der Waals surface area contributed by atoms with Gasteiger partial charge in [0.1, 0.15) is 5.75 Å². The van der Waals surface area contributed by atoms with Gasteiger partial charge in [0.15, 0.2) is 0 Å². The maximum atomic E-state index is 12.5. The summed E-state index contributed by atoms with van der Waals surface area (Å²) in [6.45, 7) is 2.42. The van der Waals surface area contributed by atoms with Gasteiger partial charge < -0.3 is 14.6 Å². The minimum atomic E-state index is -0.281. The van der Waals surface area contributed by atoms with Crippen LogP contribution in [-0.2, 0) is 6.54 Å². The van der Waals surface area contributed by atoms with Crippen LogP contribution in [0.4, 0.5) is 5.69 Å². The van der Waals surface area contributed by atoms with E-state index in [-0.39, 0.29) is 11.5 Å². The molecule has 3 rings (SSSR count). The molecule has 0 aliphatic carbocycles. The van der Waals surface area contributed by atoms with Crippen LogP contribution in [0.3, 0.4) is 0 Å². The van der Waals surface area contributed by atoms with E-state index < -0.39 is 0 Å². The Bertz CT molecular complexity index is 992. The molecular weight excluding hydrogens is 328 g/mol. The number of nitrogens with one attached hydrogen (secondary N) is 1. The second kappa shape index (κ2) is 7.70. The highest BCUT2D eigenvalue weighted by Crippen LogP contribution is 2.17. The van der Waals surface area contributed by atoms with Gasteiger partial charge >= 0.3 is 0 Å². The SMILES string of the molecule is COc1cccc(NC(=O)c2ccc(=O)n(Cc3ccccc3C)c2)c1. The van der Waals surface area contributed by atoms with E-state index in [2.05, 4.69) is 5.32 Å². The number of hydrogen-bond acceptors (Lipinski definition) is 3. The Labute approximate surface area is 151 Å². The summed E-state index contributed by atoms with van der Waals surface area (Å²) in [6, 6.07) is 17.9. The maximum absolute atomic E-state index is 12.5. The summed E-state index contributed by atoms with van der Waals surface area (Å²) in [6.07, 6.45) is 1.59. The number of pyridine rings is 1. The Balaban J connectivity index is 1.83. The number of rotatable bonds is 5. The van der Waals surface area contributed by atoms with Crippen LogP contribution in [0.25, 0.3) is 0 Å². The van der Waals surface area contributed by atoms with Crippen LogP contribution >= 0.6 is 0 Å². The number of benzene rings is 2. The number of ether oxygens (including phenoxy) is 1. The fraction of sp³-hybridized carbons (Fsp3) is 0.143. The van der Waals surface area contributed by atoms with Gasteiger partial charge in [0, 0.05) is 24.0 Å². The van der Waals surface area contributed by atoms with Crippen LogP contribution in [0.2, 0.25) is 0 Å². The fourth-order valence-corrected chi connectivity index (χ4v) is 2.66. The molecule has 0 radical (unpaired) electrons. The monoisotopic (exact) mass is 348 g/mol. The average Bonchev–Trinajstić information content (AvgIpc) is 2.65. The number of anilines is 1. The first-order valence-electron chi connectivity index (χ1n) is 8.27. The van der Waals surface area contributed by atoms with Crippen molar-refractivity contribution in [2.45, 2.75) is 13.5 Å². The molecule has 1 heterocycles. The molecule has 5 heteroatoms. The molecule has 0 aliphatic rings. The van der Waals surface area contributed by atoms with E-state index in [9.17, 15) is 9.59 Å². The lowest BCUT2D eigenvalue weighted by atomic mass is 10.1. The predicted molar refractivity (Wildman–Crippen MR) is 102 cm³/mol. The van der Waals surface area contributed by atoms with Crippen LogP contribution in [-0.4, -0.2) is 17.6 Å². The van der Waals surface area contributed by atoms with E-state index in [1.54, 1.807) is 42.1 Å². The van der Waals surface area contributed by atoms with Gasteiger partial charge in [0.2, 0.25) is 0 Å². The topological polar surface area (TPSA) is 60.3 Å². The molecule has 132 valence electrons. The van der Waals surface area contributed by atoms with Gasteiger partial charge in [-0.2, -0.15) is 0 Å². The van der Waals surface area contributed by atoms with Crippen molar-refractivity contribution in [3.8, 4) is 5.75 Å². The number of aromatic nitrogens is 1. The van der Waals surface area contributed by atoms with E-state index in [0.717, 1.165) is 11.1 Å². The van der Waals surface area contributed by atoms with Gasteiger partial charge in [-0.1, -0.05) is 30.3 Å². The van der Waals surface area contributed by atoms with Crippen molar-refractivity contribution < 1.29 is 9.53 Å². The third-order valence-corrected chi connectivity index (χ3v) is 4.18. The van der Waals surface area contributed by atoms with E-state index in [4.69, 9.17) is 4.74 Å². The third-order valence-electron chi connectivity index (χ3n) is 4.18. The normalized spacial score (nSPS) is 10.4. The van der Waals surface area contributed by atoms with Crippen LogP contribution in [0.1, 0.15) is 21.5 Å². The van der Waals surface area contributed by atoms with Crippen molar-refractivity contribution >= 4 is 11.6 Å². The minimum absolute atomic E-state index is 0.147. The number of hydrogen-bond donors (Lipinski definition) is 1. The van der Waals surface area contributed by atoms with Crippen LogP contribution < -0.4 is 15.6 Å². The van der Waals surface area contributed by atoms with Crippen molar-refractivity contribution in [1.29, 1.82) is 0 Å². The van der Waals surface area contributed by atoms with Crippen LogP contribution in [0.15, 0.2) is 71.7 Å². The van der Waals surface area contributed by atoms with Gasteiger partial charge in [0.25, 0.3) is 11.5 Å². The molecule has 0 saturated heterocycles. The quantitative estimate of drug-likeness (QED) is 0.768. The summed E-state index contributed by atoms with van der Waals surface area (Å²) in [5.41, 5.74) is 3.05. The molecule has 1 amide bonds. The summed E-state index contributed by atoms with van der Waals surface area (Å²) in [5, 5.41) is 2.82. The second-order valence-electron chi connectivity index (χ2n) is 6.00. The Morgan fingerprint density at radius 1 is 1.08 bits per heavy atom. The first kappa shape index (κ1) is 17.5. The van der Waals surface area contributed by atoms with Gasteiger partial charge in [-0.25, -0.2) is 0 Å². The zero-order valence-electron chi connectivity index (χ0n) is 14.7. The smallest absolute Gasteiger partial charge is 0.257 e. The molecule has 0 aliphatic heterocycles. The highest BCUT2D eigenvalue weighted by molar-refractivity contribution is 6.04. The average molecular weight is 348 g/mol. The Morgan fingerprint density at radius 2 is 1.88 bits per heavy atom. The number of nitrogens with zero attached hydrogens (tertiary/aromatic N) is 1. The first-order valence-corrected chi connectivity index (χ1v) is 8.27. The van der Waals surface area contributed by atoms with Crippen LogP contribution in [0, 0.1) is 6.92 Å². The summed E-state index contributed by atoms with van der Waals surface area (Å²) in [5.74, 6) is 0.379.